The topological polar surface area (TPSA) is 99.4 Å². The third kappa shape index (κ3) is 6.20. The number of rotatable bonds is 7. The summed E-state index contributed by atoms with van der Waals surface area (Å²) in [7, 11) is 1.21. The number of aliphatic hydroxyl groups is 1. The van der Waals surface area contributed by atoms with Crippen LogP contribution in [0.4, 0.5) is 0 Å². The summed E-state index contributed by atoms with van der Waals surface area (Å²) >= 11 is 0. The molecule has 0 aliphatic carbocycles. The molecule has 0 aliphatic heterocycles. The van der Waals surface area contributed by atoms with E-state index in [2.05, 4.69) is 10.1 Å². The third-order valence-electron chi connectivity index (χ3n) is 2.73. The van der Waals surface area contributed by atoms with Crippen molar-refractivity contribution in [1.82, 2.24) is 5.32 Å². The van der Waals surface area contributed by atoms with Crippen LogP contribution in [-0.4, -0.2) is 36.2 Å². The van der Waals surface area contributed by atoms with E-state index in [-0.39, 0.29) is 18.3 Å². The Morgan fingerprint density at radius 2 is 1.95 bits per heavy atom. The van der Waals surface area contributed by atoms with Crippen LogP contribution in [0.15, 0.2) is 0 Å². The largest absolute Gasteiger partial charge is 0.467 e. The second-order valence-corrected chi connectivity index (χ2v) is 4.99. The van der Waals surface area contributed by atoms with Gasteiger partial charge in [0.1, 0.15) is 12.1 Å². The molecule has 0 fully saturated rings. The van der Waals surface area contributed by atoms with Gasteiger partial charge in [-0.15, -0.1) is 0 Å². The summed E-state index contributed by atoms with van der Waals surface area (Å²) in [5.74, 6) is -1.46. The fraction of sp³-hybridized carbons (Fsp3) is 0.769. The summed E-state index contributed by atoms with van der Waals surface area (Å²) in [6.45, 7) is 5.43. The monoisotopic (exact) mass is 270 g/mol. The van der Waals surface area contributed by atoms with E-state index in [9.17, 15) is 14.7 Å². The SMILES string of the molecule is COC(=O)[C@@H](NC(=O)[C@H](O)CC(C)C)[C@@H](C)CC#N. The van der Waals surface area contributed by atoms with Gasteiger partial charge in [-0.3, -0.25) is 4.79 Å². The molecule has 3 atom stereocenters. The molecule has 0 unspecified atom stereocenters. The second-order valence-electron chi connectivity index (χ2n) is 4.99. The third-order valence-corrected chi connectivity index (χ3v) is 2.73. The number of methoxy groups -OCH3 is 1. The molecule has 0 saturated carbocycles. The Bertz CT molecular complexity index is 349. The van der Waals surface area contributed by atoms with Crippen molar-refractivity contribution in [2.24, 2.45) is 11.8 Å². The van der Waals surface area contributed by atoms with Gasteiger partial charge in [0.05, 0.1) is 13.2 Å². The number of nitrogens with one attached hydrogen (secondary N) is 1. The van der Waals surface area contributed by atoms with Crippen molar-refractivity contribution in [2.75, 3.05) is 7.11 Å². The smallest absolute Gasteiger partial charge is 0.328 e. The summed E-state index contributed by atoms with van der Waals surface area (Å²) in [6, 6.07) is 1.02. The number of aliphatic hydroxyl groups excluding tert-OH is 1. The van der Waals surface area contributed by atoms with Gasteiger partial charge in [-0.25, -0.2) is 4.79 Å². The number of nitrogens with zero attached hydrogens (tertiary/aromatic N) is 1. The quantitative estimate of drug-likeness (QED) is 0.660. The van der Waals surface area contributed by atoms with Gasteiger partial charge in [-0.1, -0.05) is 20.8 Å². The molecular weight excluding hydrogens is 248 g/mol. The summed E-state index contributed by atoms with van der Waals surface area (Å²) in [4.78, 5) is 23.3. The zero-order chi connectivity index (χ0) is 15.0. The van der Waals surface area contributed by atoms with Crippen LogP contribution < -0.4 is 5.32 Å². The van der Waals surface area contributed by atoms with Crippen molar-refractivity contribution in [1.29, 1.82) is 5.26 Å². The fourth-order valence-electron chi connectivity index (χ4n) is 1.63. The van der Waals surface area contributed by atoms with E-state index < -0.39 is 24.0 Å². The standard InChI is InChI=1S/C13H22N2O4/c1-8(2)7-10(16)12(17)15-11(13(18)19-4)9(3)5-6-14/h8-11,16H,5,7H2,1-4H3,(H,15,17)/t9-,10+,11-/m0/s1. The Balaban J connectivity index is 4.69. The van der Waals surface area contributed by atoms with E-state index in [0.29, 0.717) is 6.42 Å². The lowest BCUT2D eigenvalue weighted by atomic mass is 9.98. The van der Waals surface area contributed by atoms with Crippen LogP contribution in [0.3, 0.4) is 0 Å². The molecule has 0 aromatic carbocycles. The number of hydrogen-bond donors (Lipinski definition) is 2. The van der Waals surface area contributed by atoms with Gasteiger partial charge in [-0.05, 0) is 12.3 Å². The molecular formula is C13H22N2O4. The highest BCUT2D eigenvalue weighted by Gasteiger charge is 2.29. The second kappa shape index (κ2) is 8.48. The van der Waals surface area contributed by atoms with Crippen molar-refractivity contribution >= 4 is 11.9 Å². The van der Waals surface area contributed by atoms with Crippen LogP contribution in [0, 0.1) is 23.2 Å². The first-order valence-corrected chi connectivity index (χ1v) is 6.26. The van der Waals surface area contributed by atoms with Crippen LogP contribution in [0.1, 0.15) is 33.6 Å². The van der Waals surface area contributed by atoms with E-state index in [1.54, 1.807) is 6.92 Å². The summed E-state index contributed by atoms with van der Waals surface area (Å²) < 4.78 is 4.60. The molecule has 108 valence electrons. The normalized spacial score (nSPS) is 15.2. The molecule has 0 aromatic heterocycles. The predicted octanol–water partition coefficient (Wildman–Crippen LogP) is 0.601. The van der Waals surface area contributed by atoms with Crippen molar-refractivity contribution in [3.8, 4) is 6.07 Å². The first-order chi connectivity index (χ1) is 8.83. The van der Waals surface area contributed by atoms with E-state index >= 15 is 0 Å². The molecule has 19 heavy (non-hydrogen) atoms. The molecule has 0 aromatic rings. The summed E-state index contributed by atoms with van der Waals surface area (Å²) in [6.07, 6.45) is -0.742. The zero-order valence-corrected chi connectivity index (χ0v) is 11.8. The molecule has 0 heterocycles. The number of esters is 1. The molecule has 0 spiro atoms. The molecule has 6 heteroatoms. The molecule has 0 rings (SSSR count). The number of amides is 1. The highest BCUT2D eigenvalue weighted by atomic mass is 16.5. The lowest BCUT2D eigenvalue weighted by Gasteiger charge is -2.23. The Kier molecular flexibility index (Phi) is 7.77. The summed E-state index contributed by atoms with van der Waals surface area (Å²) in [5, 5.41) is 20.8. The van der Waals surface area contributed by atoms with Gasteiger partial charge >= 0.3 is 5.97 Å². The fourth-order valence-corrected chi connectivity index (χ4v) is 1.63. The Morgan fingerprint density at radius 1 is 1.37 bits per heavy atom. The number of ether oxygens (including phenoxy) is 1. The number of carbonyl (C=O) groups is 2. The molecule has 1 amide bonds. The van der Waals surface area contributed by atoms with Crippen LogP contribution in [0.25, 0.3) is 0 Å². The van der Waals surface area contributed by atoms with Crippen LogP contribution in [-0.2, 0) is 14.3 Å². The van der Waals surface area contributed by atoms with Gasteiger partial charge in [0.25, 0.3) is 0 Å². The van der Waals surface area contributed by atoms with Gasteiger partial charge in [-0.2, -0.15) is 5.26 Å². The highest BCUT2D eigenvalue weighted by Crippen LogP contribution is 2.11. The van der Waals surface area contributed by atoms with Crippen LogP contribution in [0.5, 0.6) is 0 Å². The molecule has 0 saturated heterocycles. The van der Waals surface area contributed by atoms with E-state index in [1.807, 2.05) is 19.9 Å². The van der Waals surface area contributed by atoms with Crippen LogP contribution >= 0.6 is 0 Å². The van der Waals surface area contributed by atoms with E-state index in [1.165, 1.54) is 7.11 Å². The van der Waals surface area contributed by atoms with Crippen molar-refractivity contribution in [2.45, 2.75) is 45.8 Å². The van der Waals surface area contributed by atoms with Gasteiger partial charge < -0.3 is 15.2 Å². The first-order valence-electron chi connectivity index (χ1n) is 6.26. The number of carbonyl (C=O) groups excluding carboxylic acids is 2. The van der Waals surface area contributed by atoms with Gasteiger partial charge in [0.2, 0.25) is 5.91 Å². The minimum atomic E-state index is -1.17. The number of nitriles is 1. The maximum atomic E-state index is 11.8. The molecule has 0 radical (unpaired) electrons. The van der Waals surface area contributed by atoms with E-state index in [4.69, 9.17) is 5.26 Å². The van der Waals surface area contributed by atoms with Crippen molar-refractivity contribution in [3.63, 3.8) is 0 Å². The van der Waals surface area contributed by atoms with Gasteiger partial charge in [0, 0.05) is 12.3 Å². The predicted molar refractivity (Wildman–Crippen MR) is 68.8 cm³/mol. The highest BCUT2D eigenvalue weighted by molar-refractivity contribution is 5.86. The average Bonchev–Trinajstić information content (AvgIpc) is 2.33. The lowest BCUT2D eigenvalue weighted by Crippen LogP contribution is -2.49. The Hall–Kier alpha value is -1.61. The van der Waals surface area contributed by atoms with Gasteiger partial charge in [0.15, 0.2) is 0 Å². The molecule has 6 nitrogen and oxygen atoms in total. The minimum absolute atomic E-state index is 0.111. The van der Waals surface area contributed by atoms with Crippen LogP contribution in [0.2, 0.25) is 0 Å². The van der Waals surface area contributed by atoms with Crippen molar-refractivity contribution in [3.05, 3.63) is 0 Å². The maximum absolute atomic E-state index is 11.8. The maximum Gasteiger partial charge on any atom is 0.328 e. The lowest BCUT2D eigenvalue weighted by molar-refractivity contribution is -0.147. The average molecular weight is 270 g/mol. The minimum Gasteiger partial charge on any atom is -0.467 e. The zero-order valence-electron chi connectivity index (χ0n) is 11.8. The Morgan fingerprint density at radius 3 is 2.37 bits per heavy atom. The van der Waals surface area contributed by atoms with E-state index in [0.717, 1.165) is 0 Å². The molecule has 0 aliphatic rings. The first kappa shape index (κ1) is 17.4. The molecule has 0 bridgehead atoms. The molecule has 2 N–H and O–H groups in total. The Labute approximate surface area is 113 Å². The number of hydrogen-bond acceptors (Lipinski definition) is 5. The summed E-state index contributed by atoms with van der Waals surface area (Å²) in [5.41, 5.74) is 0. The van der Waals surface area contributed by atoms with Crippen molar-refractivity contribution < 1.29 is 19.4 Å².